The summed E-state index contributed by atoms with van der Waals surface area (Å²) in [5.41, 5.74) is 1.53. The van der Waals surface area contributed by atoms with Crippen LogP contribution in [0.1, 0.15) is 42.6 Å². The Labute approximate surface area is 171 Å². The van der Waals surface area contributed by atoms with Crippen molar-refractivity contribution in [2.45, 2.75) is 37.1 Å². The van der Waals surface area contributed by atoms with Crippen LogP contribution in [0.25, 0.3) is 10.8 Å². The first kappa shape index (κ1) is 18.6. The molecule has 0 saturated carbocycles. The average Bonchev–Trinajstić information content (AvgIpc) is 2.76. The van der Waals surface area contributed by atoms with E-state index in [1.54, 1.807) is 0 Å². The van der Waals surface area contributed by atoms with Gasteiger partial charge < -0.3 is 19.8 Å². The lowest BCUT2D eigenvalue weighted by Gasteiger charge is -2.46. The molecule has 2 aliphatic heterocycles. The van der Waals surface area contributed by atoms with Gasteiger partial charge in [0.25, 0.3) is 0 Å². The van der Waals surface area contributed by atoms with Crippen LogP contribution in [0.5, 0.6) is 5.75 Å². The molecule has 4 nitrogen and oxygen atoms in total. The summed E-state index contributed by atoms with van der Waals surface area (Å²) in [7, 11) is 0. The van der Waals surface area contributed by atoms with E-state index in [2.05, 4.69) is 23.1 Å². The number of aliphatic hydroxyl groups is 2. The molecule has 3 aromatic rings. The predicted octanol–water partition coefficient (Wildman–Crippen LogP) is 4.22. The summed E-state index contributed by atoms with van der Waals surface area (Å²) in [6.45, 7) is 2.34. The van der Waals surface area contributed by atoms with Crippen LogP contribution in [-0.2, 0) is 0 Å². The van der Waals surface area contributed by atoms with Gasteiger partial charge in [-0.3, -0.25) is 0 Å². The highest BCUT2D eigenvalue weighted by Crippen LogP contribution is 2.47. The smallest absolute Gasteiger partial charge is 0.133 e. The highest BCUT2D eigenvalue weighted by atomic mass is 16.5. The number of likely N-dealkylation sites (tertiary alicyclic amines) is 1. The van der Waals surface area contributed by atoms with E-state index in [4.69, 9.17) is 4.74 Å². The Bertz CT molecular complexity index is 995. The Hall–Kier alpha value is -2.40. The van der Waals surface area contributed by atoms with Crippen molar-refractivity contribution >= 4 is 10.8 Å². The molecule has 3 aromatic carbocycles. The highest BCUT2D eigenvalue weighted by molar-refractivity contribution is 5.90. The fraction of sp³-hybridized carbons (Fsp3) is 0.360. The van der Waals surface area contributed by atoms with Gasteiger partial charge in [0, 0.05) is 37.0 Å². The molecule has 0 aromatic heterocycles. The fourth-order valence-electron chi connectivity index (χ4n) is 4.83. The van der Waals surface area contributed by atoms with Gasteiger partial charge in [0.05, 0.1) is 12.2 Å². The van der Waals surface area contributed by atoms with Crippen LogP contribution >= 0.6 is 0 Å². The normalized spacial score (nSPS) is 22.2. The summed E-state index contributed by atoms with van der Waals surface area (Å²) in [6, 6.07) is 22.1. The molecule has 1 saturated heterocycles. The SMILES string of the molecule is OC(CN1CCC2(CC1)CC(O)c1ccc3ccccc3c1O2)c1ccccc1. The molecular formula is C25H27NO3. The van der Waals surface area contributed by atoms with Gasteiger partial charge >= 0.3 is 0 Å². The maximum Gasteiger partial charge on any atom is 0.133 e. The van der Waals surface area contributed by atoms with Gasteiger partial charge in [-0.2, -0.15) is 0 Å². The largest absolute Gasteiger partial charge is 0.486 e. The summed E-state index contributed by atoms with van der Waals surface area (Å²) in [6.07, 6.45) is 1.37. The van der Waals surface area contributed by atoms with Gasteiger partial charge in [-0.1, -0.05) is 66.7 Å². The minimum atomic E-state index is -0.496. The lowest BCUT2D eigenvalue weighted by Crippen LogP contribution is -2.51. The molecule has 2 atom stereocenters. The molecule has 2 unspecified atom stereocenters. The van der Waals surface area contributed by atoms with E-state index in [9.17, 15) is 10.2 Å². The molecule has 0 aliphatic carbocycles. The number of fused-ring (bicyclic) bond motifs is 3. The number of piperidine rings is 1. The first-order chi connectivity index (χ1) is 14.1. The van der Waals surface area contributed by atoms with Crippen LogP contribution in [0, 0.1) is 0 Å². The molecule has 2 heterocycles. The first-order valence-corrected chi connectivity index (χ1v) is 10.5. The van der Waals surface area contributed by atoms with Crippen LogP contribution in [-0.4, -0.2) is 40.3 Å². The van der Waals surface area contributed by atoms with E-state index in [0.29, 0.717) is 13.0 Å². The third-order valence-electron chi connectivity index (χ3n) is 6.54. The molecule has 1 spiro atoms. The Morgan fingerprint density at radius 3 is 2.48 bits per heavy atom. The number of benzene rings is 3. The molecule has 2 aliphatic rings. The van der Waals surface area contributed by atoms with E-state index in [-0.39, 0.29) is 5.60 Å². The Kier molecular flexibility index (Phi) is 4.78. The zero-order chi connectivity index (χ0) is 19.8. The van der Waals surface area contributed by atoms with E-state index in [1.165, 1.54) is 0 Å². The number of hydrogen-bond donors (Lipinski definition) is 2. The topological polar surface area (TPSA) is 52.9 Å². The summed E-state index contributed by atoms with van der Waals surface area (Å²) < 4.78 is 6.63. The third-order valence-corrected chi connectivity index (χ3v) is 6.54. The molecule has 150 valence electrons. The fourth-order valence-corrected chi connectivity index (χ4v) is 4.83. The number of aliphatic hydroxyl groups excluding tert-OH is 2. The lowest BCUT2D eigenvalue weighted by molar-refractivity contribution is -0.0577. The maximum absolute atomic E-state index is 10.9. The second kappa shape index (κ2) is 7.45. The van der Waals surface area contributed by atoms with Gasteiger partial charge in [0.2, 0.25) is 0 Å². The standard InChI is InChI=1S/C25H27NO3/c27-22-16-25(29-24-20-9-5-4-6-18(20)10-11-21(22)24)12-14-26(15-13-25)17-23(28)19-7-2-1-3-8-19/h1-11,22-23,27-28H,12-17H2. The van der Waals surface area contributed by atoms with Gasteiger partial charge in [-0.25, -0.2) is 0 Å². The summed E-state index contributed by atoms with van der Waals surface area (Å²) >= 11 is 0. The van der Waals surface area contributed by atoms with Crippen molar-refractivity contribution in [3.8, 4) is 5.75 Å². The van der Waals surface area contributed by atoms with Gasteiger partial charge in [0.15, 0.2) is 0 Å². The van der Waals surface area contributed by atoms with Crippen molar-refractivity contribution in [2.24, 2.45) is 0 Å². The van der Waals surface area contributed by atoms with Gasteiger partial charge in [-0.15, -0.1) is 0 Å². The zero-order valence-electron chi connectivity index (χ0n) is 16.5. The average molecular weight is 389 g/mol. The molecular weight excluding hydrogens is 362 g/mol. The molecule has 4 heteroatoms. The van der Waals surface area contributed by atoms with Crippen LogP contribution in [0.3, 0.4) is 0 Å². The number of rotatable bonds is 3. The quantitative estimate of drug-likeness (QED) is 0.704. The Balaban J connectivity index is 1.32. The van der Waals surface area contributed by atoms with Crippen molar-refractivity contribution in [2.75, 3.05) is 19.6 Å². The molecule has 0 bridgehead atoms. The second-order valence-electron chi connectivity index (χ2n) is 8.44. The first-order valence-electron chi connectivity index (χ1n) is 10.5. The summed E-state index contributed by atoms with van der Waals surface area (Å²) in [5.74, 6) is 0.847. The molecule has 0 radical (unpaired) electrons. The minimum Gasteiger partial charge on any atom is -0.486 e. The van der Waals surface area contributed by atoms with Crippen molar-refractivity contribution in [1.82, 2.24) is 4.90 Å². The predicted molar refractivity (Wildman–Crippen MR) is 114 cm³/mol. The van der Waals surface area contributed by atoms with E-state index in [1.807, 2.05) is 48.5 Å². The number of β-amino-alcohol motifs (C(OH)–C–C–N with tert-alkyl or cyclic N) is 1. The van der Waals surface area contributed by atoms with Crippen LogP contribution in [0.4, 0.5) is 0 Å². The maximum atomic E-state index is 10.9. The Morgan fingerprint density at radius 1 is 0.966 bits per heavy atom. The third kappa shape index (κ3) is 3.52. The highest BCUT2D eigenvalue weighted by Gasteiger charge is 2.43. The van der Waals surface area contributed by atoms with E-state index >= 15 is 0 Å². The molecule has 1 fully saturated rings. The second-order valence-corrected chi connectivity index (χ2v) is 8.44. The number of hydrogen-bond acceptors (Lipinski definition) is 4. The van der Waals surface area contributed by atoms with Gasteiger partial charge in [0.1, 0.15) is 11.4 Å². The number of ether oxygens (including phenoxy) is 1. The molecule has 2 N–H and O–H groups in total. The lowest BCUT2D eigenvalue weighted by atomic mass is 9.81. The van der Waals surface area contributed by atoms with E-state index in [0.717, 1.165) is 53.6 Å². The van der Waals surface area contributed by atoms with Crippen LogP contribution < -0.4 is 4.74 Å². The van der Waals surface area contributed by atoms with Gasteiger partial charge in [-0.05, 0) is 23.8 Å². The molecule has 0 amide bonds. The summed E-state index contributed by atoms with van der Waals surface area (Å²) in [5, 5.41) is 23.6. The molecule has 29 heavy (non-hydrogen) atoms. The van der Waals surface area contributed by atoms with Crippen molar-refractivity contribution in [1.29, 1.82) is 0 Å². The van der Waals surface area contributed by atoms with Crippen molar-refractivity contribution < 1.29 is 14.9 Å². The van der Waals surface area contributed by atoms with Crippen LogP contribution in [0.2, 0.25) is 0 Å². The minimum absolute atomic E-state index is 0.329. The van der Waals surface area contributed by atoms with Crippen LogP contribution in [0.15, 0.2) is 66.7 Å². The molecule has 5 rings (SSSR count). The van der Waals surface area contributed by atoms with Crippen molar-refractivity contribution in [3.05, 3.63) is 77.9 Å². The summed E-state index contributed by atoms with van der Waals surface area (Å²) in [4.78, 5) is 2.30. The number of nitrogens with zero attached hydrogens (tertiary/aromatic N) is 1. The zero-order valence-corrected chi connectivity index (χ0v) is 16.5. The monoisotopic (exact) mass is 389 g/mol. The Morgan fingerprint density at radius 2 is 1.69 bits per heavy atom. The van der Waals surface area contributed by atoms with Crippen molar-refractivity contribution in [3.63, 3.8) is 0 Å². The van der Waals surface area contributed by atoms with E-state index < -0.39 is 12.2 Å².